The summed E-state index contributed by atoms with van der Waals surface area (Å²) in [6, 6.07) is -0.0625. The van der Waals surface area contributed by atoms with Gasteiger partial charge in [-0.2, -0.15) is 10.1 Å². The summed E-state index contributed by atoms with van der Waals surface area (Å²) in [5.74, 6) is 0.471. The van der Waals surface area contributed by atoms with Gasteiger partial charge in [-0.15, -0.1) is 0 Å². The van der Waals surface area contributed by atoms with Crippen LogP contribution in [0.2, 0.25) is 0 Å². The van der Waals surface area contributed by atoms with E-state index in [9.17, 15) is 0 Å². The third-order valence-corrected chi connectivity index (χ3v) is 2.17. The predicted molar refractivity (Wildman–Crippen MR) is 52.9 cm³/mol. The van der Waals surface area contributed by atoms with E-state index in [0.29, 0.717) is 11.9 Å². The van der Waals surface area contributed by atoms with Gasteiger partial charge in [-0.05, 0) is 13.8 Å². The molecule has 2 N–H and O–H groups in total. The molecule has 0 bridgehead atoms. The molecule has 6 nitrogen and oxygen atoms in total. The fourth-order valence-corrected chi connectivity index (χ4v) is 1.26. The highest BCUT2D eigenvalue weighted by atomic mass is 16.5. The quantitative estimate of drug-likeness (QED) is 0.808. The molecule has 1 unspecified atom stereocenters. The molecule has 0 saturated heterocycles. The van der Waals surface area contributed by atoms with Gasteiger partial charge in [-0.25, -0.2) is 0 Å². The van der Waals surface area contributed by atoms with E-state index in [1.54, 1.807) is 6.20 Å². The third kappa shape index (κ3) is 1.89. The zero-order valence-electron chi connectivity index (χ0n) is 8.66. The van der Waals surface area contributed by atoms with Crippen molar-refractivity contribution in [2.45, 2.75) is 25.9 Å². The van der Waals surface area contributed by atoms with Crippen molar-refractivity contribution in [3.05, 3.63) is 30.2 Å². The maximum absolute atomic E-state index is 5.94. The van der Waals surface area contributed by atoms with Crippen molar-refractivity contribution < 1.29 is 4.52 Å². The van der Waals surface area contributed by atoms with E-state index in [0.717, 1.165) is 5.56 Å². The summed E-state index contributed by atoms with van der Waals surface area (Å²) in [6.45, 7) is 4.10. The average molecular weight is 207 g/mol. The maximum Gasteiger partial charge on any atom is 0.213 e. The normalized spacial score (nSPS) is 13.3. The Bertz CT molecular complexity index is 419. The van der Waals surface area contributed by atoms with Crippen molar-refractivity contribution in [1.29, 1.82) is 0 Å². The second kappa shape index (κ2) is 3.82. The Labute approximate surface area is 87.1 Å². The Morgan fingerprint density at radius 2 is 2.27 bits per heavy atom. The lowest BCUT2D eigenvalue weighted by Gasteiger charge is -2.05. The van der Waals surface area contributed by atoms with Crippen molar-refractivity contribution in [3.8, 4) is 0 Å². The van der Waals surface area contributed by atoms with Gasteiger partial charge in [0, 0.05) is 17.8 Å². The van der Waals surface area contributed by atoms with Crippen molar-refractivity contribution in [2.24, 2.45) is 5.73 Å². The third-order valence-electron chi connectivity index (χ3n) is 2.17. The monoisotopic (exact) mass is 207 g/mol. The highest BCUT2D eigenvalue weighted by molar-refractivity contribution is 5.17. The van der Waals surface area contributed by atoms with Gasteiger partial charge in [0.1, 0.15) is 0 Å². The molecule has 0 amide bonds. The molecule has 0 radical (unpaired) electrons. The fourth-order valence-electron chi connectivity index (χ4n) is 1.26. The van der Waals surface area contributed by atoms with Crippen LogP contribution in [0.4, 0.5) is 0 Å². The zero-order valence-corrected chi connectivity index (χ0v) is 8.66. The molecule has 0 aliphatic carbocycles. The minimum Gasteiger partial charge on any atom is -0.343 e. The van der Waals surface area contributed by atoms with E-state index in [4.69, 9.17) is 5.73 Å². The first kappa shape index (κ1) is 9.85. The maximum atomic E-state index is 5.94. The van der Waals surface area contributed by atoms with Gasteiger partial charge >= 0.3 is 0 Å². The molecule has 0 aromatic carbocycles. The molecular formula is C9H13N5O. The lowest BCUT2D eigenvalue weighted by Crippen LogP contribution is -2.12. The molecule has 2 aromatic rings. The molecule has 2 heterocycles. The summed E-state index contributed by atoms with van der Waals surface area (Å²) in [7, 11) is 0. The number of hydrogen-bond donors (Lipinski definition) is 1. The Morgan fingerprint density at radius 3 is 2.80 bits per heavy atom. The van der Waals surface area contributed by atoms with E-state index < -0.39 is 0 Å². The highest BCUT2D eigenvalue weighted by Gasteiger charge is 2.15. The molecule has 15 heavy (non-hydrogen) atoms. The van der Waals surface area contributed by atoms with E-state index in [1.807, 2.05) is 10.9 Å². The van der Waals surface area contributed by atoms with Crippen molar-refractivity contribution in [3.63, 3.8) is 0 Å². The van der Waals surface area contributed by atoms with Crippen molar-refractivity contribution in [2.75, 3.05) is 0 Å². The Kier molecular flexibility index (Phi) is 2.51. The molecule has 0 fully saturated rings. The molecule has 0 aliphatic heterocycles. The van der Waals surface area contributed by atoms with E-state index >= 15 is 0 Å². The van der Waals surface area contributed by atoms with Gasteiger partial charge in [0.2, 0.25) is 6.39 Å². The van der Waals surface area contributed by atoms with E-state index in [1.165, 1.54) is 6.39 Å². The predicted octanol–water partition coefficient (Wildman–Crippen LogP) is 0.895. The summed E-state index contributed by atoms with van der Waals surface area (Å²) in [5.41, 5.74) is 6.82. The molecule has 2 rings (SSSR count). The second-order valence-corrected chi connectivity index (χ2v) is 3.61. The smallest absolute Gasteiger partial charge is 0.213 e. The molecule has 80 valence electrons. The second-order valence-electron chi connectivity index (χ2n) is 3.61. The van der Waals surface area contributed by atoms with Crippen LogP contribution in [0.3, 0.4) is 0 Å². The molecule has 1 atom stereocenters. The Hall–Kier alpha value is -1.69. The van der Waals surface area contributed by atoms with Crippen LogP contribution < -0.4 is 5.73 Å². The molecule has 6 heteroatoms. The first-order valence-corrected chi connectivity index (χ1v) is 4.74. The Morgan fingerprint density at radius 1 is 1.47 bits per heavy atom. The van der Waals surface area contributed by atoms with Gasteiger partial charge in [0.05, 0.1) is 12.2 Å². The van der Waals surface area contributed by atoms with Gasteiger partial charge in [-0.1, -0.05) is 5.16 Å². The minimum atomic E-state index is -0.378. The van der Waals surface area contributed by atoms with Crippen molar-refractivity contribution >= 4 is 0 Å². The summed E-state index contributed by atoms with van der Waals surface area (Å²) >= 11 is 0. The summed E-state index contributed by atoms with van der Waals surface area (Å²) in [4.78, 5) is 3.91. The lowest BCUT2D eigenvalue weighted by atomic mass is 10.2. The fraction of sp³-hybridized carbons (Fsp3) is 0.444. The lowest BCUT2D eigenvalue weighted by molar-refractivity contribution is 0.407. The highest BCUT2D eigenvalue weighted by Crippen LogP contribution is 2.16. The van der Waals surface area contributed by atoms with Crippen LogP contribution in [0, 0.1) is 0 Å². The van der Waals surface area contributed by atoms with Crippen LogP contribution in [-0.4, -0.2) is 19.9 Å². The van der Waals surface area contributed by atoms with Crippen LogP contribution in [0.5, 0.6) is 0 Å². The molecule has 0 aliphatic rings. The number of aromatic nitrogens is 4. The largest absolute Gasteiger partial charge is 0.343 e. The average Bonchev–Trinajstić information content (AvgIpc) is 2.88. The molecule has 2 aromatic heterocycles. The van der Waals surface area contributed by atoms with Gasteiger partial charge < -0.3 is 10.3 Å². The van der Waals surface area contributed by atoms with Crippen LogP contribution >= 0.6 is 0 Å². The van der Waals surface area contributed by atoms with Crippen LogP contribution in [-0.2, 0) is 0 Å². The zero-order chi connectivity index (χ0) is 10.8. The number of nitrogens with zero attached hydrogens (tertiary/aromatic N) is 4. The molecule has 0 spiro atoms. The minimum absolute atomic E-state index is 0.316. The first-order valence-electron chi connectivity index (χ1n) is 4.74. The summed E-state index contributed by atoms with van der Waals surface area (Å²) < 4.78 is 6.49. The number of nitrogens with two attached hydrogens (primary N) is 1. The summed E-state index contributed by atoms with van der Waals surface area (Å²) in [5, 5.41) is 7.90. The Balaban J connectivity index is 2.23. The van der Waals surface area contributed by atoms with E-state index in [-0.39, 0.29) is 6.04 Å². The van der Waals surface area contributed by atoms with Crippen LogP contribution in [0.1, 0.15) is 37.3 Å². The van der Waals surface area contributed by atoms with Crippen molar-refractivity contribution in [1.82, 2.24) is 19.9 Å². The van der Waals surface area contributed by atoms with E-state index in [2.05, 4.69) is 33.6 Å². The summed E-state index contributed by atoms with van der Waals surface area (Å²) in [6.07, 6.45) is 4.88. The number of rotatable bonds is 3. The van der Waals surface area contributed by atoms with Gasteiger partial charge in [-0.3, -0.25) is 4.68 Å². The van der Waals surface area contributed by atoms with Crippen LogP contribution in [0.25, 0.3) is 0 Å². The molecular weight excluding hydrogens is 194 g/mol. The van der Waals surface area contributed by atoms with Crippen LogP contribution in [0.15, 0.2) is 23.3 Å². The topological polar surface area (TPSA) is 82.8 Å². The standard InChI is InChI=1S/C9H13N5O/c1-6(2)14-4-7(3-12-14)8(10)9-11-5-15-13-9/h3-6,8H,10H2,1-2H3. The SMILES string of the molecule is CC(C)n1cc(C(N)c2ncon2)cn1. The molecule has 0 saturated carbocycles. The number of hydrogen-bond acceptors (Lipinski definition) is 5. The van der Waals surface area contributed by atoms with Gasteiger partial charge in [0.25, 0.3) is 0 Å². The first-order chi connectivity index (χ1) is 7.18. The van der Waals surface area contributed by atoms with Gasteiger partial charge in [0.15, 0.2) is 5.82 Å².